The molecule has 2 heterocycles. The van der Waals surface area contributed by atoms with Crippen molar-refractivity contribution >= 4 is 5.91 Å². The van der Waals surface area contributed by atoms with Crippen LogP contribution in [0, 0.1) is 5.92 Å². The van der Waals surface area contributed by atoms with Crippen LogP contribution in [-0.4, -0.2) is 54.0 Å². The Hall–Kier alpha value is -0.610. The van der Waals surface area contributed by atoms with Crippen LogP contribution < -0.4 is 5.73 Å². The van der Waals surface area contributed by atoms with Gasteiger partial charge in [0.05, 0.1) is 0 Å². The summed E-state index contributed by atoms with van der Waals surface area (Å²) < 4.78 is 0. The molecule has 2 aliphatic heterocycles. The van der Waals surface area contributed by atoms with Crippen LogP contribution in [0.4, 0.5) is 0 Å². The Balaban J connectivity index is 1.77. The second kappa shape index (κ2) is 7.41. The molecular formula is C16H31N3O. The third kappa shape index (κ3) is 4.19. The van der Waals surface area contributed by atoms with Crippen LogP contribution in [0.3, 0.4) is 0 Å². The van der Waals surface area contributed by atoms with Crippen LogP contribution in [0.15, 0.2) is 0 Å². The van der Waals surface area contributed by atoms with E-state index in [1.807, 2.05) is 6.92 Å². The standard InChI is InChI=1S/C16H31N3O/c1-13(6-5-7-14(2)17)16(20)19-11-10-18-9-4-3-8-15(18)12-19/h13-15H,3-12,17H2,1-2H3. The summed E-state index contributed by atoms with van der Waals surface area (Å²) in [6, 6.07) is 0.876. The molecule has 116 valence electrons. The molecule has 2 fully saturated rings. The lowest BCUT2D eigenvalue weighted by Gasteiger charge is -2.44. The summed E-state index contributed by atoms with van der Waals surface area (Å²) in [6.07, 6.45) is 6.99. The zero-order valence-corrected chi connectivity index (χ0v) is 13.2. The second-order valence-electron chi connectivity index (χ2n) is 6.78. The molecule has 4 heteroatoms. The predicted octanol–water partition coefficient (Wildman–Crippen LogP) is 1.84. The van der Waals surface area contributed by atoms with E-state index in [1.165, 1.54) is 25.8 Å². The van der Waals surface area contributed by atoms with Gasteiger partial charge in [-0.1, -0.05) is 19.8 Å². The minimum Gasteiger partial charge on any atom is -0.340 e. The van der Waals surface area contributed by atoms with Gasteiger partial charge in [-0.2, -0.15) is 0 Å². The zero-order chi connectivity index (χ0) is 14.5. The topological polar surface area (TPSA) is 49.6 Å². The highest BCUT2D eigenvalue weighted by Crippen LogP contribution is 2.22. The molecule has 0 bridgehead atoms. The molecule has 20 heavy (non-hydrogen) atoms. The molecule has 3 atom stereocenters. The maximum absolute atomic E-state index is 12.5. The summed E-state index contributed by atoms with van der Waals surface area (Å²) in [5, 5.41) is 0. The Morgan fingerprint density at radius 3 is 2.75 bits per heavy atom. The van der Waals surface area contributed by atoms with Crippen molar-refractivity contribution in [2.45, 2.75) is 64.5 Å². The summed E-state index contributed by atoms with van der Waals surface area (Å²) in [7, 11) is 0. The normalized spacial score (nSPS) is 26.9. The molecule has 0 aromatic heterocycles. The quantitative estimate of drug-likeness (QED) is 0.836. The molecule has 2 aliphatic rings. The molecule has 0 aliphatic carbocycles. The van der Waals surface area contributed by atoms with Crippen LogP contribution in [0.5, 0.6) is 0 Å². The van der Waals surface area contributed by atoms with E-state index in [9.17, 15) is 4.79 Å². The highest BCUT2D eigenvalue weighted by Gasteiger charge is 2.32. The molecule has 4 nitrogen and oxygen atoms in total. The molecule has 3 unspecified atom stereocenters. The SMILES string of the molecule is CC(N)CCCC(C)C(=O)N1CCN2CCCCC2C1. The van der Waals surface area contributed by atoms with Crippen molar-refractivity contribution in [3.8, 4) is 0 Å². The minimum atomic E-state index is 0.156. The molecule has 0 aromatic rings. The summed E-state index contributed by atoms with van der Waals surface area (Å²) >= 11 is 0. The third-order valence-electron chi connectivity index (χ3n) is 4.87. The van der Waals surface area contributed by atoms with Crippen molar-refractivity contribution in [1.29, 1.82) is 0 Å². The maximum Gasteiger partial charge on any atom is 0.225 e. The summed E-state index contributed by atoms with van der Waals surface area (Å²) in [5.41, 5.74) is 5.77. The van der Waals surface area contributed by atoms with Crippen molar-refractivity contribution in [3.63, 3.8) is 0 Å². The first-order valence-corrected chi connectivity index (χ1v) is 8.36. The van der Waals surface area contributed by atoms with E-state index in [4.69, 9.17) is 5.73 Å². The first-order valence-electron chi connectivity index (χ1n) is 8.36. The third-order valence-corrected chi connectivity index (χ3v) is 4.87. The summed E-state index contributed by atoms with van der Waals surface area (Å²) in [4.78, 5) is 17.2. The molecule has 1 amide bonds. The highest BCUT2D eigenvalue weighted by atomic mass is 16.2. The maximum atomic E-state index is 12.5. The second-order valence-corrected chi connectivity index (χ2v) is 6.78. The largest absolute Gasteiger partial charge is 0.340 e. The van der Waals surface area contributed by atoms with Gasteiger partial charge in [-0.05, 0) is 39.2 Å². The number of hydrogen-bond acceptors (Lipinski definition) is 3. The molecule has 2 saturated heterocycles. The first-order chi connectivity index (χ1) is 9.58. The molecule has 0 radical (unpaired) electrons. The van der Waals surface area contributed by atoms with Crippen molar-refractivity contribution in [2.24, 2.45) is 11.7 Å². The lowest BCUT2D eigenvalue weighted by Crippen LogP contribution is -2.56. The molecule has 2 N–H and O–H groups in total. The van der Waals surface area contributed by atoms with E-state index in [2.05, 4.69) is 16.7 Å². The van der Waals surface area contributed by atoms with Crippen molar-refractivity contribution in [2.75, 3.05) is 26.2 Å². The van der Waals surface area contributed by atoms with Crippen LogP contribution in [-0.2, 0) is 4.79 Å². The van der Waals surface area contributed by atoms with E-state index in [1.54, 1.807) is 0 Å². The highest BCUT2D eigenvalue weighted by molar-refractivity contribution is 5.78. The Bertz CT molecular complexity index is 319. The van der Waals surface area contributed by atoms with Gasteiger partial charge in [-0.25, -0.2) is 0 Å². The van der Waals surface area contributed by atoms with E-state index >= 15 is 0 Å². The zero-order valence-electron chi connectivity index (χ0n) is 13.2. The predicted molar refractivity (Wildman–Crippen MR) is 82.5 cm³/mol. The Labute approximate surface area is 123 Å². The van der Waals surface area contributed by atoms with Gasteiger partial charge in [0.1, 0.15) is 0 Å². The average molecular weight is 281 g/mol. The summed E-state index contributed by atoms with van der Waals surface area (Å²) in [5.74, 6) is 0.517. The fourth-order valence-corrected chi connectivity index (χ4v) is 3.54. The van der Waals surface area contributed by atoms with Crippen molar-refractivity contribution in [1.82, 2.24) is 9.80 Å². The first kappa shape index (κ1) is 15.8. The van der Waals surface area contributed by atoms with Crippen LogP contribution in [0.25, 0.3) is 0 Å². The minimum absolute atomic E-state index is 0.156. The number of fused-ring (bicyclic) bond motifs is 1. The van der Waals surface area contributed by atoms with Crippen LogP contribution in [0.2, 0.25) is 0 Å². The van der Waals surface area contributed by atoms with Gasteiger partial charge in [0.15, 0.2) is 0 Å². The van der Waals surface area contributed by atoms with Crippen LogP contribution >= 0.6 is 0 Å². The fourth-order valence-electron chi connectivity index (χ4n) is 3.54. The lowest BCUT2D eigenvalue weighted by molar-refractivity contribution is -0.138. The smallest absolute Gasteiger partial charge is 0.225 e. The summed E-state index contributed by atoms with van der Waals surface area (Å²) in [6.45, 7) is 8.30. The van der Waals surface area contributed by atoms with E-state index in [0.29, 0.717) is 11.9 Å². The number of rotatable bonds is 5. The number of hydrogen-bond donors (Lipinski definition) is 1. The van der Waals surface area contributed by atoms with Gasteiger partial charge in [-0.15, -0.1) is 0 Å². The lowest BCUT2D eigenvalue weighted by atomic mass is 9.97. The van der Waals surface area contributed by atoms with Gasteiger partial charge in [0.25, 0.3) is 0 Å². The van der Waals surface area contributed by atoms with Crippen molar-refractivity contribution < 1.29 is 4.79 Å². The molecule has 0 aromatic carbocycles. The van der Waals surface area contributed by atoms with E-state index < -0.39 is 0 Å². The molecule has 2 rings (SSSR count). The van der Waals surface area contributed by atoms with Crippen molar-refractivity contribution in [3.05, 3.63) is 0 Å². The van der Waals surface area contributed by atoms with Crippen LogP contribution in [0.1, 0.15) is 52.4 Å². The number of nitrogens with zero attached hydrogens (tertiary/aromatic N) is 2. The van der Waals surface area contributed by atoms with Gasteiger partial charge in [-0.3, -0.25) is 9.69 Å². The van der Waals surface area contributed by atoms with Gasteiger partial charge in [0, 0.05) is 37.6 Å². The molecule has 0 spiro atoms. The average Bonchev–Trinajstić information content (AvgIpc) is 2.45. The van der Waals surface area contributed by atoms with E-state index in [-0.39, 0.29) is 12.0 Å². The number of piperazine rings is 1. The molecule has 0 saturated carbocycles. The van der Waals surface area contributed by atoms with Gasteiger partial charge < -0.3 is 10.6 Å². The number of carbonyl (C=O) groups is 1. The van der Waals surface area contributed by atoms with E-state index in [0.717, 1.165) is 38.9 Å². The number of amides is 1. The monoisotopic (exact) mass is 281 g/mol. The molecular weight excluding hydrogens is 250 g/mol. The number of carbonyl (C=O) groups excluding carboxylic acids is 1. The Morgan fingerprint density at radius 1 is 1.20 bits per heavy atom. The van der Waals surface area contributed by atoms with Gasteiger partial charge >= 0.3 is 0 Å². The fraction of sp³-hybridized carbons (Fsp3) is 0.938. The van der Waals surface area contributed by atoms with Gasteiger partial charge in [0.2, 0.25) is 5.91 Å². The number of piperidine rings is 1. The Kier molecular flexibility index (Phi) is 5.85. The number of nitrogens with two attached hydrogens (primary N) is 1. The Morgan fingerprint density at radius 2 is 2.00 bits per heavy atom.